The molecule has 0 radical (unpaired) electrons. The van der Waals surface area contributed by atoms with Crippen LogP contribution < -0.4 is 0 Å². The SMILES string of the molecule is CN(C)Cc1cccc(-c2cccc(CN(C)C)c2)c1. The Morgan fingerprint density at radius 2 is 1.05 bits per heavy atom. The van der Waals surface area contributed by atoms with Crippen LogP contribution in [0.1, 0.15) is 11.1 Å². The van der Waals surface area contributed by atoms with Crippen LogP contribution in [0.3, 0.4) is 0 Å². The first-order valence-corrected chi connectivity index (χ1v) is 7.02. The van der Waals surface area contributed by atoms with Crippen molar-refractivity contribution in [2.45, 2.75) is 13.1 Å². The van der Waals surface area contributed by atoms with Gasteiger partial charge in [-0.05, 0) is 62.6 Å². The Labute approximate surface area is 122 Å². The van der Waals surface area contributed by atoms with Crippen LogP contribution in [0.5, 0.6) is 0 Å². The summed E-state index contributed by atoms with van der Waals surface area (Å²) < 4.78 is 0. The molecule has 0 aliphatic carbocycles. The van der Waals surface area contributed by atoms with Crippen molar-refractivity contribution >= 4 is 0 Å². The third-order valence-electron chi connectivity index (χ3n) is 3.18. The zero-order valence-electron chi connectivity index (χ0n) is 12.9. The van der Waals surface area contributed by atoms with Crippen LogP contribution >= 0.6 is 0 Å². The number of nitrogens with zero attached hydrogens (tertiary/aromatic N) is 2. The van der Waals surface area contributed by atoms with Crippen molar-refractivity contribution in [2.24, 2.45) is 0 Å². The molecule has 0 N–H and O–H groups in total. The quantitative estimate of drug-likeness (QED) is 0.819. The van der Waals surface area contributed by atoms with Gasteiger partial charge in [-0.2, -0.15) is 0 Å². The first-order chi connectivity index (χ1) is 9.54. The summed E-state index contributed by atoms with van der Waals surface area (Å²) in [5, 5.41) is 0. The maximum atomic E-state index is 2.29. The molecule has 0 saturated carbocycles. The van der Waals surface area contributed by atoms with Crippen LogP contribution in [0, 0.1) is 0 Å². The van der Waals surface area contributed by atoms with Gasteiger partial charge in [-0.15, -0.1) is 0 Å². The zero-order chi connectivity index (χ0) is 14.5. The summed E-state index contributed by atoms with van der Waals surface area (Å²) in [4.78, 5) is 4.39. The maximum Gasteiger partial charge on any atom is 0.0227 e. The minimum atomic E-state index is 0.977. The van der Waals surface area contributed by atoms with Crippen molar-refractivity contribution in [3.8, 4) is 11.1 Å². The fourth-order valence-corrected chi connectivity index (χ4v) is 2.43. The average molecular weight is 268 g/mol. The van der Waals surface area contributed by atoms with Gasteiger partial charge in [0.15, 0.2) is 0 Å². The highest BCUT2D eigenvalue weighted by molar-refractivity contribution is 5.64. The van der Waals surface area contributed by atoms with Gasteiger partial charge in [0.05, 0.1) is 0 Å². The molecule has 0 aromatic heterocycles. The molecule has 0 aliphatic rings. The van der Waals surface area contributed by atoms with E-state index in [4.69, 9.17) is 0 Å². The van der Waals surface area contributed by atoms with Gasteiger partial charge in [0.1, 0.15) is 0 Å². The van der Waals surface area contributed by atoms with E-state index in [1.807, 2.05) is 0 Å². The monoisotopic (exact) mass is 268 g/mol. The van der Waals surface area contributed by atoms with E-state index in [0.29, 0.717) is 0 Å². The molecule has 0 spiro atoms. The molecule has 0 unspecified atom stereocenters. The summed E-state index contributed by atoms with van der Waals surface area (Å²) in [6, 6.07) is 17.6. The van der Waals surface area contributed by atoms with Crippen molar-refractivity contribution in [3.05, 3.63) is 59.7 Å². The molecule has 0 saturated heterocycles. The van der Waals surface area contributed by atoms with E-state index >= 15 is 0 Å². The van der Waals surface area contributed by atoms with Crippen LogP contribution in [-0.4, -0.2) is 38.0 Å². The second-order valence-corrected chi connectivity index (χ2v) is 5.88. The minimum absolute atomic E-state index is 0.977. The van der Waals surface area contributed by atoms with Crippen molar-refractivity contribution in [1.82, 2.24) is 9.80 Å². The highest BCUT2D eigenvalue weighted by atomic mass is 15.1. The number of hydrogen-bond acceptors (Lipinski definition) is 2. The van der Waals surface area contributed by atoms with Gasteiger partial charge in [0.2, 0.25) is 0 Å². The van der Waals surface area contributed by atoms with E-state index in [2.05, 4.69) is 86.5 Å². The molecule has 0 aliphatic heterocycles. The average Bonchev–Trinajstić information content (AvgIpc) is 2.38. The molecular weight excluding hydrogens is 244 g/mol. The number of hydrogen-bond donors (Lipinski definition) is 0. The van der Waals surface area contributed by atoms with Crippen molar-refractivity contribution in [3.63, 3.8) is 0 Å². The summed E-state index contributed by atoms with van der Waals surface area (Å²) >= 11 is 0. The third kappa shape index (κ3) is 4.19. The lowest BCUT2D eigenvalue weighted by molar-refractivity contribution is 0.402. The van der Waals surface area contributed by atoms with Gasteiger partial charge < -0.3 is 9.80 Å². The zero-order valence-corrected chi connectivity index (χ0v) is 12.9. The highest BCUT2D eigenvalue weighted by Gasteiger charge is 2.02. The predicted molar refractivity (Wildman–Crippen MR) is 86.7 cm³/mol. The lowest BCUT2D eigenvalue weighted by Crippen LogP contribution is -2.10. The lowest BCUT2D eigenvalue weighted by atomic mass is 10.0. The van der Waals surface area contributed by atoms with E-state index in [0.717, 1.165) is 13.1 Å². The number of benzene rings is 2. The van der Waals surface area contributed by atoms with Crippen molar-refractivity contribution < 1.29 is 0 Å². The Morgan fingerprint density at radius 3 is 1.40 bits per heavy atom. The topological polar surface area (TPSA) is 6.48 Å². The molecule has 0 fully saturated rings. The van der Waals surface area contributed by atoms with Gasteiger partial charge in [-0.25, -0.2) is 0 Å². The first-order valence-electron chi connectivity index (χ1n) is 7.02. The molecule has 2 aromatic carbocycles. The molecule has 2 nitrogen and oxygen atoms in total. The van der Waals surface area contributed by atoms with Crippen LogP contribution in [-0.2, 0) is 13.1 Å². The van der Waals surface area contributed by atoms with Crippen molar-refractivity contribution in [1.29, 1.82) is 0 Å². The fraction of sp³-hybridized carbons (Fsp3) is 0.333. The molecule has 0 heterocycles. The summed E-state index contributed by atoms with van der Waals surface area (Å²) in [5.41, 5.74) is 5.30. The Morgan fingerprint density at radius 1 is 0.650 bits per heavy atom. The standard InChI is InChI=1S/C18H24N2/c1-19(2)13-15-7-5-9-17(11-15)18-10-6-8-16(12-18)14-20(3)4/h5-12H,13-14H2,1-4H3. The van der Waals surface area contributed by atoms with Gasteiger partial charge >= 0.3 is 0 Å². The Balaban J connectivity index is 2.26. The molecule has 0 bridgehead atoms. The van der Waals surface area contributed by atoms with Crippen LogP contribution in [0.2, 0.25) is 0 Å². The summed E-state index contributed by atoms with van der Waals surface area (Å²) in [6.07, 6.45) is 0. The van der Waals surface area contributed by atoms with Gasteiger partial charge in [-0.3, -0.25) is 0 Å². The summed E-state index contributed by atoms with van der Waals surface area (Å²) in [6.45, 7) is 1.95. The Hall–Kier alpha value is -1.64. The molecule has 2 heteroatoms. The van der Waals surface area contributed by atoms with E-state index in [-0.39, 0.29) is 0 Å². The van der Waals surface area contributed by atoms with E-state index in [1.54, 1.807) is 0 Å². The maximum absolute atomic E-state index is 2.29. The molecule has 2 rings (SSSR count). The molecule has 0 atom stereocenters. The number of rotatable bonds is 5. The molecule has 0 amide bonds. The fourth-order valence-electron chi connectivity index (χ4n) is 2.43. The summed E-state index contributed by atoms with van der Waals surface area (Å²) in [5.74, 6) is 0. The smallest absolute Gasteiger partial charge is 0.0227 e. The van der Waals surface area contributed by atoms with E-state index in [1.165, 1.54) is 22.3 Å². The second-order valence-electron chi connectivity index (χ2n) is 5.88. The Bertz CT molecular complexity index is 507. The lowest BCUT2D eigenvalue weighted by Gasteiger charge is -2.13. The van der Waals surface area contributed by atoms with Crippen LogP contribution in [0.25, 0.3) is 11.1 Å². The largest absolute Gasteiger partial charge is 0.305 e. The minimum Gasteiger partial charge on any atom is -0.305 e. The third-order valence-corrected chi connectivity index (χ3v) is 3.18. The molecule has 106 valence electrons. The van der Waals surface area contributed by atoms with E-state index in [9.17, 15) is 0 Å². The first kappa shape index (κ1) is 14.8. The molecular formula is C18H24N2. The van der Waals surface area contributed by atoms with Gasteiger partial charge in [0.25, 0.3) is 0 Å². The summed E-state index contributed by atoms with van der Waals surface area (Å²) in [7, 11) is 8.41. The highest BCUT2D eigenvalue weighted by Crippen LogP contribution is 2.22. The van der Waals surface area contributed by atoms with E-state index < -0.39 is 0 Å². The van der Waals surface area contributed by atoms with Crippen molar-refractivity contribution in [2.75, 3.05) is 28.2 Å². The van der Waals surface area contributed by atoms with Gasteiger partial charge in [0, 0.05) is 13.1 Å². The predicted octanol–water partition coefficient (Wildman–Crippen LogP) is 3.48. The molecule has 2 aromatic rings. The van der Waals surface area contributed by atoms with Crippen LogP contribution in [0.15, 0.2) is 48.5 Å². The Kier molecular flexibility index (Phi) is 4.94. The van der Waals surface area contributed by atoms with Gasteiger partial charge in [-0.1, -0.05) is 36.4 Å². The molecule has 20 heavy (non-hydrogen) atoms. The normalized spacial score (nSPS) is 11.3. The second kappa shape index (κ2) is 6.69. The van der Waals surface area contributed by atoms with Crippen LogP contribution in [0.4, 0.5) is 0 Å².